The summed E-state index contributed by atoms with van der Waals surface area (Å²) in [7, 11) is 0. The minimum Gasteiger partial charge on any atom is -0.391 e. The summed E-state index contributed by atoms with van der Waals surface area (Å²) in [6, 6.07) is 9.46. The molecule has 1 heterocycles. The number of rotatable bonds is 7. The lowest BCUT2D eigenvalue weighted by Gasteiger charge is -2.15. The second-order valence-corrected chi connectivity index (χ2v) is 6.07. The molecule has 1 unspecified atom stereocenters. The van der Waals surface area contributed by atoms with Gasteiger partial charge in [0.15, 0.2) is 5.82 Å². The van der Waals surface area contributed by atoms with Crippen molar-refractivity contribution >= 4 is 17.7 Å². The Morgan fingerprint density at radius 3 is 2.62 bits per heavy atom. The number of carbonyl (C=O) groups is 1. The highest BCUT2D eigenvalue weighted by molar-refractivity contribution is 6.18. The van der Waals surface area contributed by atoms with Crippen LogP contribution >= 0.6 is 0 Å². The Kier molecular flexibility index (Phi) is 6.20. The van der Waals surface area contributed by atoms with E-state index in [1.165, 1.54) is 4.68 Å². The van der Waals surface area contributed by atoms with E-state index in [2.05, 4.69) is 20.8 Å². The fraction of sp³-hybridized carbons (Fsp3) is 0.412. The molecule has 0 bridgehead atoms. The molecule has 1 aromatic carbocycles. The molecular formula is C17H23N5O2. The van der Waals surface area contributed by atoms with Gasteiger partial charge in [0.2, 0.25) is 0 Å². The summed E-state index contributed by atoms with van der Waals surface area (Å²) in [5, 5.41) is 24.0. The summed E-state index contributed by atoms with van der Waals surface area (Å²) in [4.78, 5) is 12.6. The van der Waals surface area contributed by atoms with Gasteiger partial charge in [-0.3, -0.25) is 4.79 Å². The van der Waals surface area contributed by atoms with Gasteiger partial charge in [-0.15, -0.1) is 5.10 Å². The number of aryl methyl sites for hydroxylation is 1. The summed E-state index contributed by atoms with van der Waals surface area (Å²) in [6.45, 7) is 5.95. The van der Waals surface area contributed by atoms with Crippen LogP contribution in [0.1, 0.15) is 31.7 Å². The first-order valence-electron chi connectivity index (χ1n) is 7.95. The van der Waals surface area contributed by atoms with Crippen molar-refractivity contribution in [2.45, 2.75) is 33.3 Å². The second kappa shape index (κ2) is 8.35. The predicted octanol–water partition coefficient (Wildman–Crippen LogP) is 1.50. The van der Waals surface area contributed by atoms with E-state index in [-0.39, 0.29) is 12.5 Å². The fourth-order valence-electron chi connectivity index (χ4n) is 2.31. The number of hydrogen-bond acceptors (Lipinski definition) is 5. The van der Waals surface area contributed by atoms with E-state index >= 15 is 0 Å². The molecule has 7 heteroatoms. The zero-order valence-electron chi connectivity index (χ0n) is 14.2. The Morgan fingerprint density at radius 1 is 1.33 bits per heavy atom. The van der Waals surface area contributed by atoms with Gasteiger partial charge in [-0.2, -0.15) is 4.68 Å². The molecule has 0 aliphatic carbocycles. The molecule has 0 saturated heterocycles. The zero-order chi connectivity index (χ0) is 17.5. The maximum Gasteiger partial charge on any atom is 0.270 e. The monoisotopic (exact) mass is 329 g/mol. The molecule has 2 rings (SSSR count). The summed E-state index contributed by atoms with van der Waals surface area (Å²) in [5.74, 6) is 0.533. The number of carbonyl (C=O) groups excluding carboxylic acids is 1. The van der Waals surface area contributed by atoms with Crippen LogP contribution in [0.2, 0.25) is 0 Å². The third-order valence-electron chi connectivity index (χ3n) is 3.43. The number of amides is 1. The van der Waals surface area contributed by atoms with Crippen molar-refractivity contribution < 1.29 is 9.90 Å². The molecule has 0 aliphatic heterocycles. The first kappa shape index (κ1) is 17.8. The third-order valence-corrected chi connectivity index (χ3v) is 3.43. The normalized spacial score (nSPS) is 13.1. The maximum atomic E-state index is 12.6. The van der Waals surface area contributed by atoms with Crippen molar-refractivity contribution in [3.63, 3.8) is 0 Å². The van der Waals surface area contributed by atoms with Gasteiger partial charge in [-0.25, -0.2) is 0 Å². The average molecular weight is 329 g/mol. The van der Waals surface area contributed by atoms with Crippen molar-refractivity contribution in [2.24, 2.45) is 5.92 Å². The second-order valence-electron chi connectivity index (χ2n) is 6.07. The Balaban J connectivity index is 2.19. The van der Waals surface area contributed by atoms with Gasteiger partial charge in [0, 0.05) is 6.54 Å². The lowest BCUT2D eigenvalue weighted by atomic mass is 10.1. The molecule has 0 spiro atoms. The third kappa shape index (κ3) is 4.99. The van der Waals surface area contributed by atoms with Gasteiger partial charge in [0.25, 0.3) is 5.91 Å². The SMILES string of the molecule is Cc1nnnn1/C(=C\c1ccccc1)C(=O)NCC(O)CC(C)C. The number of aliphatic hydroxyl groups is 1. The van der Waals surface area contributed by atoms with Crippen molar-refractivity contribution in [1.29, 1.82) is 0 Å². The molecule has 128 valence electrons. The number of aliphatic hydroxyl groups excluding tert-OH is 1. The molecule has 1 aromatic heterocycles. The van der Waals surface area contributed by atoms with Crippen molar-refractivity contribution in [3.8, 4) is 0 Å². The van der Waals surface area contributed by atoms with Crippen LogP contribution in [-0.2, 0) is 4.79 Å². The number of hydrogen-bond donors (Lipinski definition) is 2. The molecule has 24 heavy (non-hydrogen) atoms. The molecule has 1 amide bonds. The summed E-state index contributed by atoms with van der Waals surface area (Å²) < 4.78 is 1.39. The van der Waals surface area contributed by atoms with E-state index in [1.807, 2.05) is 44.2 Å². The van der Waals surface area contributed by atoms with Crippen LogP contribution in [0.15, 0.2) is 30.3 Å². The van der Waals surface area contributed by atoms with Gasteiger partial charge < -0.3 is 10.4 Å². The Bertz CT molecular complexity index is 694. The molecule has 0 fully saturated rings. The number of aromatic nitrogens is 4. The van der Waals surface area contributed by atoms with E-state index in [1.54, 1.807) is 13.0 Å². The Morgan fingerprint density at radius 2 is 2.04 bits per heavy atom. The van der Waals surface area contributed by atoms with Crippen LogP contribution in [0.25, 0.3) is 11.8 Å². The van der Waals surface area contributed by atoms with Crippen LogP contribution in [0.3, 0.4) is 0 Å². The standard InChI is InChI=1S/C17H23N5O2/c1-12(2)9-15(23)11-18-17(24)16(22-13(3)19-20-21-22)10-14-7-5-4-6-8-14/h4-8,10,12,15,23H,9,11H2,1-3H3,(H,18,24)/b16-10-. The smallest absolute Gasteiger partial charge is 0.270 e. The van der Waals surface area contributed by atoms with Gasteiger partial charge >= 0.3 is 0 Å². The van der Waals surface area contributed by atoms with E-state index in [0.717, 1.165) is 5.56 Å². The van der Waals surface area contributed by atoms with Crippen LogP contribution < -0.4 is 5.32 Å². The minimum atomic E-state index is -0.582. The first-order valence-corrected chi connectivity index (χ1v) is 7.95. The van der Waals surface area contributed by atoms with Crippen molar-refractivity contribution in [2.75, 3.05) is 6.54 Å². The Labute approximate surface area is 141 Å². The van der Waals surface area contributed by atoms with Gasteiger partial charge in [-0.1, -0.05) is 44.2 Å². The molecule has 2 aromatic rings. The van der Waals surface area contributed by atoms with Crippen molar-refractivity contribution in [1.82, 2.24) is 25.5 Å². The van der Waals surface area contributed by atoms with Gasteiger partial charge in [0.05, 0.1) is 6.10 Å². The molecule has 7 nitrogen and oxygen atoms in total. The topological polar surface area (TPSA) is 92.9 Å². The minimum absolute atomic E-state index is 0.185. The molecule has 1 atom stereocenters. The van der Waals surface area contributed by atoms with E-state index in [9.17, 15) is 9.90 Å². The lowest BCUT2D eigenvalue weighted by Crippen LogP contribution is -2.34. The van der Waals surface area contributed by atoms with E-state index in [0.29, 0.717) is 23.9 Å². The molecular weight excluding hydrogens is 306 g/mol. The summed E-state index contributed by atoms with van der Waals surface area (Å²) >= 11 is 0. The Hall–Kier alpha value is -2.54. The highest BCUT2D eigenvalue weighted by Gasteiger charge is 2.17. The highest BCUT2D eigenvalue weighted by Crippen LogP contribution is 2.12. The first-order chi connectivity index (χ1) is 11.5. The van der Waals surface area contributed by atoms with Gasteiger partial charge in [0.1, 0.15) is 5.70 Å². The number of tetrazole rings is 1. The largest absolute Gasteiger partial charge is 0.391 e. The molecule has 0 aliphatic rings. The maximum absolute atomic E-state index is 12.6. The molecule has 0 radical (unpaired) electrons. The lowest BCUT2D eigenvalue weighted by molar-refractivity contribution is -0.116. The predicted molar refractivity (Wildman–Crippen MR) is 91.6 cm³/mol. The number of nitrogens with zero attached hydrogens (tertiary/aromatic N) is 4. The highest BCUT2D eigenvalue weighted by atomic mass is 16.3. The van der Waals surface area contributed by atoms with Crippen LogP contribution in [0.5, 0.6) is 0 Å². The molecule has 2 N–H and O–H groups in total. The summed E-state index contributed by atoms with van der Waals surface area (Å²) in [6.07, 6.45) is 1.76. The number of benzene rings is 1. The van der Waals surface area contributed by atoms with Crippen molar-refractivity contribution in [3.05, 3.63) is 41.7 Å². The van der Waals surface area contributed by atoms with Crippen LogP contribution in [0, 0.1) is 12.8 Å². The van der Waals surface area contributed by atoms with E-state index in [4.69, 9.17) is 0 Å². The van der Waals surface area contributed by atoms with Crippen LogP contribution in [-0.4, -0.2) is 43.9 Å². The average Bonchev–Trinajstić information content (AvgIpc) is 2.96. The van der Waals surface area contributed by atoms with Gasteiger partial charge in [-0.05, 0) is 41.3 Å². The zero-order valence-corrected chi connectivity index (χ0v) is 14.2. The summed E-state index contributed by atoms with van der Waals surface area (Å²) in [5.41, 5.74) is 1.17. The van der Waals surface area contributed by atoms with E-state index < -0.39 is 6.10 Å². The molecule has 0 saturated carbocycles. The quantitative estimate of drug-likeness (QED) is 0.751. The fourth-order valence-corrected chi connectivity index (χ4v) is 2.31. The van der Waals surface area contributed by atoms with Crippen LogP contribution in [0.4, 0.5) is 0 Å². The number of nitrogens with one attached hydrogen (secondary N) is 1.